The first kappa shape index (κ1) is 19.7. The Labute approximate surface area is 161 Å². The molecule has 1 aliphatic carbocycles. The average molecular weight is 398 g/mol. The zero-order chi connectivity index (χ0) is 18.6. The van der Waals surface area contributed by atoms with Crippen LogP contribution in [0, 0.1) is 17.8 Å². The second-order valence-corrected chi connectivity index (χ2v) is 11.4. The van der Waals surface area contributed by atoms with Gasteiger partial charge in [0, 0.05) is 17.5 Å². The van der Waals surface area contributed by atoms with E-state index in [-0.39, 0.29) is 5.92 Å². The van der Waals surface area contributed by atoms with Gasteiger partial charge >= 0.3 is 0 Å². The Bertz CT molecular complexity index is 690. The molecule has 2 heterocycles. The molecule has 5 nitrogen and oxygen atoms in total. The number of nitrogens with zero attached hydrogens (tertiary/aromatic N) is 1. The van der Waals surface area contributed by atoms with Crippen LogP contribution in [0.3, 0.4) is 0 Å². The van der Waals surface area contributed by atoms with Crippen molar-refractivity contribution in [2.24, 2.45) is 22.7 Å². The van der Waals surface area contributed by atoms with Crippen LogP contribution < -0.4 is 10.6 Å². The molecule has 146 valence electrons. The predicted octanol–water partition coefficient (Wildman–Crippen LogP) is 3.04. The van der Waals surface area contributed by atoms with Gasteiger partial charge in [0.15, 0.2) is 15.8 Å². The van der Waals surface area contributed by atoms with Gasteiger partial charge in [-0.25, -0.2) is 13.4 Å². The summed E-state index contributed by atoms with van der Waals surface area (Å²) in [4.78, 5) is 6.00. The van der Waals surface area contributed by atoms with E-state index in [9.17, 15) is 8.42 Å². The van der Waals surface area contributed by atoms with E-state index in [1.54, 1.807) is 11.3 Å². The summed E-state index contributed by atoms with van der Waals surface area (Å²) in [6.45, 7) is 5.98. The van der Waals surface area contributed by atoms with Gasteiger partial charge in [-0.05, 0) is 54.9 Å². The Hall–Kier alpha value is -1.08. The van der Waals surface area contributed by atoms with Crippen LogP contribution in [0.15, 0.2) is 22.5 Å². The SMILES string of the molecule is CC1CC(C)CC(NC(=NCc2cccs2)NCC2CCS(=O)(=O)C2)C1. The molecule has 0 aromatic carbocycles. The maximum Gasteiger partial charge on any atom is 0.191 e. The largest absolute Gasteiger partial charge is 0.356 e. The molecule has 3 atom stereocenters. The second-order valence-electron chi connectivity index (χ2n) is 8.15. The maximum atomic E-state index is 11.7. The molecule has 7 heteroatoms. The van der Waals surface area contributed by atoms with Crippen LogP contribution in [0.2, 0.25) is 0 Å². The molecule has 0 bridgehead atoms. The van der Waals surface area contributed by atoms with E-state index in [1.165, 1.54) is 24.1 Å². The molecule has 0 spiro atoms. The minimum atomic E-state index is -2.83. The Morgan fingerprint density at radius 3 is 2.65 bits per heavy atom. The van der Waals surface area contributed by atoms with Crippen molar-refractivity contribution in [3.63, 3.8) is 0 Å². The molecule has 2 N–H and O–H groups in total. The molecule has 2 aliphatic rings. The summed E-state index contributed by atoms with van der Waals surface area (Å²) in [5, 5.41) is 9.10. The Morgan fingerprint density at radius 2 is 2.04 bits per heavy atom. The third-order valence-corrected chi connectivity index (χ3v) is 8.08. The fraction of sp³-hybridized carbons (Fsp3) is 0.737. The molecule has 3 unspecified atom stereocenters. The Kier molecular flexibility index (Phi) is 6.61. The van der Waals surface area contributed by atoms with Gasteiger partial charge in [-0.3, -0.25) is 0 Å². The van der Waals surface area contributed by atoms with E-state index in [1.807, 2.05) is 6.07 Å². The highest BCUT2D eigenvalue weighted by Crippen LogP contribution is 2.28. The molecule has 1 aromatic rings. The van der Waals surface area contributed by atoms with E-state index in [2.05, 4.69) is 35.9 Å². The number of nitrogens with one attached hydrogen (secondary N) is 2. The highest BCUT2D eigenvalue weighted by molar-refractivity contribution is 7.91. The molecule has 26 heavy (non-hydrogen) atoms. The molecular weight excluding hydrogens is 366 g/mol. The van der Waals surface area contributed by atoms with Gasteiger partial charge in [0.1, 0.15) is 0 Å². The zero-order valence-electron chi connectivity index (χ0n) is 15.8. The van der Waals surface area contributed by atoms with E-state index in [4.69, 9.17) is 4.99 Å². The predicted molar refractivity (Wildman–Crippen MR) is 109 cm³/mol. The first-order valence-corrected chi connectivity index (χ1v) is 12.4. The topological polar surface area (TPSA) is 70.6 Å². The summed E-state index contributed by atoms with van der Waals surface area (Å²) in [7, 11) is -2.83. The molecule has 3 rings (SSSR count). The van der Waals surface area contributed by atoms with Crippen LogP contribution in [-0.4, -0.2) is 38.5 Å². The Balaban J connectivity index is 1.60. The number of hydrogen-bond donors (Lipinski definition) is 2. The lowest BCUT2D eigenvalue weighted by Crippen LogP contribution is -2.47. The summed E-state index contributed by atoms with van der Waals surface area (Å²) < 4.78 is 23.4. The molecule has 1 aliphatic heterocycles. The lowest BCUT2D eigenvalue weighted by atomic mass is 9.80. The smallest absolute Gasteiger partial charge is 0.191 e. The lowest BCUT2D eigenvalue weighted by molar-refractivity contribution is 0.255. The van der Waals surface area contributed by atoms with E-state index in [0.29, 0.717) is 30.6 Å². The van der Waals surface area contributed by atoms with Crippen molar-refractivity contribution < 1.29 is 8.42 Å². The summed E-state index contributed by atoms with van der Waals surface area (Å²) in [6, 6.07) is 4.58. The van der Waals surface area contributed by atoms with Gasteiger partial charge in [0.05, 0.1) is 18.1 Å². The van der Waals surface area contributed by atoms with Crippen molar-refractivity contribution in [2.45, 2.75) is 52.1 Å². The number of guanidine groups is 1. The number of aliphatic imine (C=N–C) groups is 1. The van der Waals surface area contributed by atoms with Gasteiger partial charge in [0.2, 0.25) is 0 Å². The molecule has 1 saturated heterocycles. The number of thiophene rings is 1. The molecule has 2 fully saturated rings. The highest BCUT2D eigenvalue weighted by atomic mass is 32.2. The Morgan fingerprint density at radius 1 is 1.27 bits per heavy atom. The third-order valence-electron chi connectivity index (χ3n) is 5.38. The monoisotopic (exact) mass is 397 g/mol. The van der Waals surface area contributed by atoms with E-state index >= 15 is 0 Å². The van der Waals surface area contributed by atoms with E-state index in [0.717, 1.165) is 24.2 Å². The first-order valence-electron chi connectivity index (χ1n) is 9.67. The second kappa shape index (κ2) is 8.74. The number of hydrogen-bond acceptors (Lipinski definition) is 4. The van der Waals surface area contributed by atoms with Gasteiger partial charge in [-0.1, -0.05) is 19.9 Å². The zero-order valence-corrected chi connectivity index (χ0v) is 17.4. The summed E-state index contributed by atoms with van der Waals surface area (Å²) in [5.41, 5.74) is 0. The van der Waals surface area contributed by atoms with Crippen molar-refractivity contribution in [2.75, 3.05) is 18.1 Å². The van der Waals surface area contributed by atoms with Crippen LogP contribution >= 0.6 is 11.3 Å². The van der Waals surface area contributed by atoms with Crippen molar-refractivity contribution in [3.8, 4) is 0 Å². The van der Waals surface area contributed by atoms with Crippen LogP contribution in [0.4, 0.5) is 0 Å². The normalized spacial score (nSPS) is 31.7. The lowest BCUT2D eigenvalue weighted by Gasteiger charge is -2.33. The van der Waals surface area contributed by atoms with Crippen molar-refractivity contribution >= 4 is 27.1 Å². The van der Waals surface area contributed by atoms with Crippen molar-refractivity contribution in [1.29, 1.82) is 0 Å². The minimum Gasteiger partial charge on any atom is -0.356 e. The van der Waals surface area contributed by atoms with Crippen LogP contribution in [0.25, 0.3) is 0 Å². The van der Waals surface area contributed by atoms with Crippen LogP contribution in [-0.2, 0) is 16.4 Å². The van der Waals surface area contributed by atoms with Gasteiger partial charge in [0.25, 0.3) is 0 Å². The number of sulfone groups is 1. The van der Waals surface area contributed by atoms with Gasteiger partial charge in [-0.15, -0.1) is 11.3 Å². The molecule has 0 radical (unpaired) electrons. The summed E-state index contributed by atoms with van der Waals surface area (Å²) >= 11 is 1.71. The quantitative estimate of drug-likeness (QED) is 0.592. The molecule has 1 saturated carbocycles. The average Bonchev–Trinajstić information content (AvgIpc) is 3.18. The highest BCUT2D eigenvalue weighted by Gasteiger charge is 2.28. The van der Waals surface area contributed by atoms with Crippen molar-refractivity contribution in [1.82, 2.24) is 10.6 Å². The summed E-state index contributed by atoms with van der Waals surface area (Å²) in [6.07, 6.45) is 4.39. The summed E-state index contributed by atoms with van der Waals surface area (Å²) in [5.74, 6) is 3.11. The van der Waals surface area contributed by atoms with Crippen LogP contribution in [0.5, 0.6) is 0 Å². The minimum absolute atomic E-state index is 0.193. The third kappa shape index (κ3) is 5.98. The van der Waals surface area contributed by atoms with Gasteiger partial charge < -0.3 is 10.6 Å². The number of rotatable bonds is 5. The van der Waals surface area contributed by atoms with Crippen LogP contribution in [0.1, 0.15) is 44.4 Å². The van der Waals surface area contributed by atoms with E-state index < -0.39 is 9.84 Å². The molecule has 0 amide bonds. The first-order chi connectivity index (χ1) is 12.4. The fourth-order valence-corrected chi connectivity index (χ4v) is 6.73. The van der Waals surface area contributed by atoms with Crippen molar-refractivity contribution in [3.05, 3.63) is 22.4 Å². The maximum absolute atomic E-state index is 11.7. The standard InChI is InChI=1S/C19H31N3O2S2/c1-14-8-15(2)10-17(9-14)22-19(21-12-18-4-3-6-25-18)20-11-16-5-7-26(23,24)13-16/h3-4,6,14-17H,5,7-13H2,1-2H3,(H2,20,21,22). The molecule has 1 aromatic heterocycles. The molecular formula is C19H31N3O2S2. The van der Waals surface area contributed by atoms with Gasteiger partial charge in [-0.2, -0.15) is 0 Å². The fourth-order valence-electron chi connectivity index (χ4n) is 4.24.